The van der Waals surface area contributed by atoms with Crippen LogP contribution in [-0.4, -0.2) is 41.8 Å². The van der Waals surface area contributed by atoms with E-state index in [1.54, 1.807) is 12.1 Å². The van der Waals surface area contributed by atoms with Crippen molar-refractivity contribution < 1.29 is 23.4 Å². The zero-order valence-corrected chi connectivity index (χ0v) is 17.4. The van der Waals surface area contributed by atoms with Gasteiger partial charge in [0.25, 0.3) is 5.91 Å². The van der Waals surface area contributed by atoms with E-state index in [9.17, 15) is 14.4 Å². The maximum absolute atomic E-state index is 13.3. The first-order chi connectivity index (χ1) is 15.5. The molecule has 2 heterocycles. The van der Waals surface area contributed by atoms with E-state index in [0.717, 1.165) is 0 Å². The molecule has 0 spiro atoms. The molecule has 32 heavy (non-hydrogen) atoms. The topological polar surface area (TPSA) is 114 Å². The summed E-state index contributed by atoms with van der Waals surface area (Å²) >= 11 is 0. The van der Waals surface area contributed by atoms with E-state index in [1.165, 1.54) is 56.3 Å². The molecule has 0 aliphatic carbocycles. The summed E-state index contributed by atoms with van der Waals surface area (Å²) in [6, 6.07) is 10.6. The van der Waals surface area contributed by atoms with E-state index in [-0.39, 0.29) is 11.4 Å². The first-order valence-corrected chi connectivity index (χ1v) is 9.38. The number of halogens is 1. The van der Waals surface area contributed by atoms with Crippen LogP contribution >= 0.6 is 0 Å². The van der Waals surface area contributed by atoms with E-state index >= 15 is 0 Å². The highest BCUT2D eigenvalue weighted by atomic mass is 19.1. The second kappa shape index (κ2) is 8.31. The molecule has 162 valence electrons. The summed E-state index contributed by atoms with van der Waals surface area (Å²) in [5.74, 6) is 0.552. The summed E-state index contributed by atoms with van der Waals surface area (Å²) in [4.78, 5) is 17.4. The van der Waals surface area contributed by atoms with Crippen molar-refractivity contribution in [3.8, 4) is 34.6 Å². The van der Waals surface area contributed by atoms with E-state index < -0.39 is 11.7 Å². The quantitative estimate of drug-likeness (QED) is 0.478. The van der Waals surface area contributed by atoms with Gasteiger partial charge in [0.2, 0.25) is 5.75 Å². The number of benzene rings is 2. The van der Waals surface area contributed by atoms with Crippen LogP contribution in [0.15, 0.2) is 42.6 Å². The Kier molecular flexibility index (Phi) is 5.39. The Morgan fingerprint density at radius 1 is 1.12 bits per heavy atom. The van der Waals surface area contributed by atoms with Gasteiger partial charge in [-0.15, -0.1) is 0 Å². The van der Waals surface area contributed by atoms with Crippen molar-refractivity contribution in [2.75, 3.05) is 26.6 Å². The Bertz CT molecular complexity index is 1330. The fraction of sp³-hybridized carbons (Fsp3) is 0.136. The lowest BCUT2D eigenvalue weighted by molar-refractivity contribution is 0.102. The zero-order chi connectivity index (χ0) is 22.8. The molecule has 0 saturated heterocycles. The maximum atomic E-state index is 13.3. The standard InChI is InChI=1S/C22H18FN5O4/c1-30-16-8-13(9-17(31-2)19(16)32-3)18-21(28-20(26-18)14(10-24)11-25-28)27-22(29)12-4-6-15(23)7-5-12/h4-9,11,25H,1-3H3,(H,27,29). The van der Waals surface area contributed by atoms with Gasteiger partial charge in [-0.1, -0.05) is 0 Å². The normalized spacial score (nSPS) is 10.6. The van der Waals surface area contributed by atoms with Gasteiger partial charge in [0.1, 0.15) is 23.1 Å². The molecule has 0 bridgehead atoms. The fourth-order valence-electron chi connectivity index (χ4n) is 3.32. The number of amides is 1. The number of hydrogen-bond donors (Lipinski definition) is 2. The van der Waals surface area contributed by atoms with Gasteiger partial charge < -0.3 is 19.5 Å². The highest BCUT2D eigenvalue weighted by Gasteiger charge is 2.23. The molecule has 1 amide bonds. The van der Waals surface area contributed by atoms with Crippen molar-refractivity contribution in [3.63, 3.8) is 0 Å². The maximum Gasteiger partial charge on any atom is 0.256 e. The van der Waals surface area contributed by atoms with Gasteiger partial charge in [-0.25, -0.2) is 13.9 Å². The summed E-state index contributed by atoms with van der Waals surface area (Å²) in [6.07, 6.45) is 1.48. The number of nitriles is 1. The summed E-state index contributed by atoms with van der Waals surface area (Å²) in [6.45, 7) is 0. The summed E-state index contributed by atoms with van der Waals surface area (Å²) in [7, 11) is 4.47. The number of hydrogen-bond acceptors (Lipinski definition) is 6. The lowest BCUT2D eigenvalue weighted by Crippen LogP contribution is -2.14. The molecule has 0 unspecified atom stereocenters. The summed E-state index contributed by atoms with van der Waals surface area (Å²) < 4.78 is 30.9. The largest absolute Gasteiger partial charge is 0.493 e. The Hall–Kier alpha value is -4.52. The molecule has 0 radical (unpaired) electrons. The molecular weight excluding hydrogens is 417 g/mol. The molecule has 4 rings (SSSR count). The summed E-state index contributed by atoms with van der Waals surface area (Å²) in [5.41, 5.74) is 1.79. The van der Waals surface area contributed by atoms with Crippen LogP contribution in [0.5, 0.6) is 17.2 Å². The number of ether oxygens (including phenoxy) is 3. The lowest BCUT2D eigenvalue weighted by atomic mass is 10.1. The molecule has 0 saturated carbocycles. The van der Waals surface area contributed by atoms with E-state index in [0.29, 0.717) is 39.7 Å². The van der Waals surface area contributed by atoms with Crippen LogP contribution < -0.4 is 19.5 Å². The van der Waals surface area contributed by atoms with Crippen molar-refractivity contribution in [2.24, 2.45) is 0 Å². The minimum Gasteiger partial charge on any atom is -0.493 e. The van der Waals surface area contributed by atoms with Crippen molar-refractivity contribution in [2.45, 2.75) is 0 Å². The van der Waals surface area contributed by atoms with E-state index in [1.807, 2.05) is 0 Å². The first kappa shape index (κ1) is 20.7. The van der Waals surface area contributed by atoms with Crippen molar-refractivity contribution in [3.05, 3.63) is 59.5 Å². The Balaban J connectivity index is 1.88. The van der Waals surface area contributed by atoms with Gasteiger partial charge in [0.05, 0.1) is 21.3 Å². The molecular formula is C22H18FN5O4. The molecule has 4 aromatic rings. The van der Waals surface area contributed by atoms with Crippen LogP contribution in [0, 0.1) is 17.1 Å². The zero-order valence-electron chi connectivity index (χ0n) is 17.4. The van der Waals surface area contributed by atoms with Crippen LogP contribution in [0.25, 0.3) is 16.9 Å². The van der Waals surface area contributed by atoms with Crippen molar-refractivity contribution >= 4 is 17.4 Å². The van der Waals surface area contributed by atoms with Crippen LogP contribution in [0.4, 0.5) is 10.2 Å². The lowest BCUT2D eigenvalue weighted by Gasteiger charge is -2.14. The second-order valence-electron chi connectivity index (χ2n) is 6.64. The van der Waals surface area contributed by atoms with Gasteiger partial charge >= 0.3 is 0 Å². The van der Waals surface area contributed by atoms with Gasteiger partial charge in [0, 0.05) is 17.3 Å². The van der Waals surface area contributed by atoms with Gasteiger partial charge in [-0.3, -0.25) is 9.89 Å². The number of fused-ring (bicyclic) bond motifs is 1. The minimum absolute atomic E-state index is 0.254. The molecule has 0 aliphatic rings. The highest BCUT2D eigenvalue weighted by molar-refractivity contribution is 6.06. The molecule has 2 aromatic heterocycles. The van der Waals surface area contributed by atoms with Gasteiger partial charge in [-0.05, 0) is 36.4 Å². The highest BCUT2D eigenvalue weighted by Crippen LogP contribution is 2.42. The number of aromatic nitrogens is 3. The monoisotopic (exact) mass is 435 g/mol. The number of aromatic amines is 1. The SMILES string of the molecule is COc1cc(-c2nc3c(C#N)c[nH]n3c2NC(=O)c2ccc(F)cc2)cc(OC)c1OC. The molecule has 2 N–H and O–H groups in total. The van der Waals surface area contributed by atoms with Crippen molar-refractivity contribution in [1.82, 2.24) is 14.6 Å². The summed E-state index contributed by atoms with van der Waals surface area (Å²) in [5, 5.41) is 15.1. The second-order valence-corrected chi connectivity index (χ2v) is 6.64. The first-order valence-electron chi connectivity index (χ1n) is 9.38. The van der Waals surface area contributed by atoms with Crippen LogP contribution in [0.3, 0.4) is 0 Å². The number of H-pyrrole nitrogens is 1. The molecule has 0 atom stereocenters. The fourth-order valence-corrected chi connectivity index (χ4v) is 3.32. The third kappa shape index (κ3) is 3.45. The number of anilines is 1. The Morgan fingerprint density at radius 3 is 2.34 bits per heavy atom. The van der Waals surface area contributed by atoms with Crippen LogP contribution in [0.2, 0.25) is 0 Å². The average molecular weight is 435 g/mol. The number of nitrogens with one attached hydrogen (secondary N) is 2. The number of methoxy groups -OCH3 is 3. The number of nitrogens with zero attached hydrogens (tertiary/aromatic N) is 3. The van der Waals surface area contributed by atoms with Gasteiger partial charge in [-0.2, -0.15) is 5.26 Å². The molecule has 0 fully saturated rings. The van der Waals surface area contributed by atoms with Crippen LogP contribution in [-0.2, 0) is 0 Å². The van der Waals surface area contributed by atoms with E-state index in [4.69, 9.17) is 14.2 Å². The molecule has 2 aromatic carbocycles. The number of carbonyl (C=O) groups is 1. The number of imidazole rings is 1. The Labute approximate surface area is 181 Å². The number of carbonyl (C=O) groups excluding carboxylic acids is 1. The Morgan fingerprint density at radius 2 is 1.78 bits per heavy atom. The average Bonchev–Trinajstić information content (AvgIpc) is 3.38. The van der Waals surface area contributed by atoms with E-state index in [2.05, 4.69) is 21.5 Å². The smallest absolute Gasteiger partial charge is 0.256 e. The third-order valence-electron chi connectivity index (χ3n) is 4.85. The molecule has 0 aliphatic heterocycles. The van der Waals surface area contributed by atoms with Crippen LogP contribution in [0.1, 0.15) is 15.9 Å². The molecule has 10 heteroatoms. The number of rotatable bonds is 6. The molecule has 9 nitrogen and oxygen atoms in total. The third-order valence-corrected chi connectivity index (χ3v) is 4.85. The predicted octanol–water partition coefficient (Wildman–Crippen LogP) is 3.62. The minimum atomic E-state index is -0.478. The van der Waals surface area contributed by atoms with Crippen molar-refractivity contribution in [1.29, 1.82) is 5.26 Å². The van der Waals surface area contributed by atoms with Gasteiger partial charge in [0.15, 0.2) is 23.0 Å². The predicted molar refractivity (Wildman–Crippen MR) is 114 cm³/mol.